The number of carbonyl (C=O) groups excluding carboxylic acids is 1. The minimum Gasteiger partial charge on any atom is -0.377 e. The molecule has 1 aromatic carbocycles. The lowest BCUT2D eigenvalue weighted by Gasteiger charge is -2.16. The molecule has 0 bridgehead atoms. The van der Waals surface area contributed by atoms with Crippen LogP contribution in [-0.4, -0.2) is 27.0 Å². The zero-order valence-electron chi connectivity index (χ0n) is 11.2. The highest BCUT2D eigenvalue weighted by atomic mass is 32.2. The third-order valence-electron chi connectivity index (χ3n) is 3.40. The van der Waals surface area contributed by atoms with Gasteiger partial charge in [0, 0.05) is 12.3 Å². The van der Waals surface area contributed by atoms with Gasteiger partial charge in [-0.1, -0.05) is 6.92 Å². The molecule has 2 unspecified atom stereocenters. The van der Waals surface area contributed by atoms with Gasteiger partial charge in [0.05, 0.1) is 16.9 Å². The quantitative estimate of drug-likeness (QED) is 0.869. The van der Waals surface area contributed by atoms with Crippen molar-refractivity contribution in [1.82, 2.24) is 0 Å². The molecule has 1 amide bonds. The highest BCUT2D eigenvalue weighted by Gasteiger charge is 2.32. The Balaban J connectivity index is 2.05. The van der Waals surface area contributed by atoms with Crippen molar-refractivity contribution in [3.63, 3.8) is 0 Å². The van der Waals surface area contributed by atoms with Gasteiger partial charge in [-0.15, -0.1) is 0 Å². The van der Waals surface area contributed by atoms with Gasteiger partial charge < -0.3 is 10.1 Å². The molecule has 1 heterocycles. The average molecular weight is 298 g/mol. The van der Waals surface area contributed by atoms with Crippen LogP contribution in [0.25, 0.3) is 0 Å². The number of hydrogen-bond donors (Lipinski definition) is 2. The largest absolute Gasteiger partial charge is 0.377 e. The van der Waals surface area contributed by atoms with Gasteiger partial charge >= 0.3 is 0 Å². The van der Waals surface area contributed by atoms with Crippen LogP contribution in [0.5, 0.6) is 0 Å². The van der Waals surface area contributed by atoms with Crippen molar-refractivity contribution in [1.29, 1.82) is 0 Å². The number of primary sulfonamides is 1. The zero-order valence-corrected chi connectivity index (χ0v) is 12.0. The molecule has 1 saturated heterocycles. The summed E-state index contributed by atoms with van der Waals surface area (Å²) < 4.78 is 27.7. The normalized spacial score (nSPS) is 22.7. The fraction of sp³-hybridized carbons (Fsp3) is 0.462. The van der Waals surface area contributed by atoms with Crippen LogP contribution in [-0.2, 0) is 19.6 Å². The van der Waals surface area contributed by atoms with E-state index in [0.29, 0.717) is 18.7 Å². The molecule has 0 radical (unpaired) electrons. The minimum absolute atomic E-state index is 0.0196. The maximum Gasteiger partial charge on any atom is 0.238 e. The Bertz CT molecular complexity index is 583. The third-order valence-corrected chi connectivity index (χ3v) is 4.33. The molecule has 0 aliphatic carbocycles. The Morgan fingerprint density at radius 3 is 2.60 bits per heavy atom. The summed E-state index contributed by atoms with van der Waals surface area (Å²) in [6.45, 7) is 2.58. The van der Waals surface area contributed by atoms with Gasteiger partial charge in [-0.2, -0.15) is 0 Å². The number of ether oxygens (including phenoxy) is 1. The van der Waals surface area contributed by atoms with E-state index in [1.807, 2.05) is 6.92 Å². The van der Waals surface area contributed by atoms with E-state index in [0.717, 1.165) is 6.42 Å². The molecule has 0 aromatic heterocycles. The van der Waals surface area contributed by atoms with Crippen LogP contribution in [0.3, 0.4) is 0 Å². The van der Waals surface area contributed by atoms with Gasteiger partial charge in [0.2, 0.25) is 15.9 Å². The zero-order chi connectivity index (χ0) is 14.8. The number of nitrogens with one attached hydrogen (secondary N) is 1. The summed E-state index contributed by atoms with van der Waals surface area (Å²) in [4.78, 5) is 12.2. The first-order chi connectivity index (χ1) is 9.41. The summed E-state index contributed by atoms with van der Waals surface area (Å²) in [5, 5.41) is 7.78. The van der Waals surface area contributed by atoms with E-state index >= 15 is 0 Å². The van der Waals surface area contributed by atoms with Crippen molar-refractivity contribution in [2.24, 2.45) is 11.1 Å². The second-order valence-electron chi connectivity index (χ2n) is 4.77. The standard InChI is InChI=1S/C13H18N2O4S/c1-2-12-11(7-8-19-12)13(16)15-9-3-5-10(6-4-9)20(14,17)18/h3-6,11-12H,2,7-8H2,1H3,(H,15,16)(H2,14,17,18). The average Bonchev–Trinajstić information content (AvgIpc) is 2.86. The van der Waals surface area contributed by atoms with Gasteiger partial charge in [0.15, 0.2) is 0 Å². The lowest BCUT2D eigenvalue weighted by atomic mass is 9.98. The number of carbonyl (C=O) groups is 1. The van der Waals surface area contributed by atoms with Gasteiger partial charge in [-0.25, -0.2) is 13.6 Å². The molecule has 6 nitrogen and oxygen atoms in total. The van der Waals surface area contributed by atoms with Crippen molar-refractivity contribution in [3.05, 3.63) is 24.3 Å². The number of anilines is 1. The predicted molar refractivity (Wildman–Crippen MR) is 74.6 cm³/mol. The number of sulfonamides is 1. The summed E-state index contributed by atoms with van der Waals surface area (Å²) in [6, 6.07) is 5.78. The van der Waals surface area contributed by atoms with Crippen LogP contribution in [0.1, 0.15) is 19.8 Å². The molecular formula is C13H18N2O4S. The van der Waals surface area contributed by atoms with Crippen LogP contribution >= 0.6 is 0 Å². The monoisotopic (exact) mass is 298 g/mol. The SMILES string of the molecule is CCC1OCCC1C(=O)Nc1ccc(S(N)(=O)=O)cc1. The predicted octanol–water partition coefficient (Wildman–Crippen LogP) is 1.09. The smallest absolute Gasteiger partial charge is 0.238 e. The van der Waals surface area contributed by atoms with E-state index in [-0.39, 0.29) is 22.8 Å². The third kappa shape index (κ3) is 3.36. The number of benzene rings is 1. The summed E-state index contributed by atoms with van der Waals surface area (Å²) >= 11 is 0. The van der Waals surface area contributed by atoms with Crippen LogP contribution < -0.4 is 10.5 Å². The van der Waals surface area contributed by atoms with E-state index in [2.05, 4.69) is 5.32 Å². The molecule has 1 fully saturated rings. The highest BCUT2D eigenvalue weighted by Crippen LogP contribution is 2.25. The van der Waals surface area contributed by atoms with Crippen molar-refractivity contribution >= 4 is 21.6 Å². The molecule has 20 heavy (non-hydrogen) atoms. The fourth-order valence-corrected chi connectivity index (χ4v) is 2.83. The topological polar surface area (TPSA) is 98.5 Å². The summed E-state index contributed by atoms with van der Waals surface area (Å²) in [6.07, 6.45) is 1.46. The Hall–Kier alpha value is -1.44. The molecule has 110 valence electrons. The maximum absolute atomic E-state index is 12.1. The first-order valence-corrected chi connectivity index (χ1v) is 8.01. The molecule has 1 aromatic rings. The molecule has 2 atom stereocenters. The maximum atomic E-state index is 12.1. The summed E-state index contributed by atoms with van der Waals surface area (Å²) in [7, 11) is -3.71. The Morgan fingerprint density at radius 1 is 1.40 bits per heavy atom. The van der Waals surface area contributed by atoms with E-state index in [4.69, 9.17) is 9.88 Å². The van der Waals surface area contributed by atoms with Crippen molar-refractivity contribution in [3.8, 4) is 0 Å². The van der Waals surface area contributed by atoms with Crippen LogP contribution in [0, 0.1) is 5.92 Å². The number of hydrogen-bond acceptors (Lipinski definition) is 4. The second kappa shape index (κ2) is 5.90. The lowest BCUT2D eigenvalue weighted by molar-refractivity contribution is -0.121. The van der Waals surface area contributed by atoms with Crippen molar-refractivity contribution in [2.75, 3.05) is 11.9 Å². The molecule has 2 rings (SSSR count). The molecule has 0 spiro atoms. The van der Waals surface area contributed by atoms with Crippen LogP contribution in [0.15, 0.2) is 29.2 Å². The fourth-order valence-electron chi connectivity index (χ4n) is 2.31. The molecular weight excluding hydrogens is 280 g/mol. The Kier molecular flexibility index (Phi) is 4.42. The molecule has 7 heteroatoms. The van der Waals surface area contributed by atoms with E-state index in [1.54, 1.807) is 0 Å². The van der Waals surface area contributed by atoms with Crippen molar-refractivity contribution < 1.29 is 17.9 Å². The van der Waals surface area contributed by atoms with Crippen LogP contribution in [0.2, 0.25) is 0 Å². The molecule has 0 saturated carbocycles. The summed E-state index contributed by atoms with van der Waals surface area (Å²) in [5.74, 6) is -0.254. The van der Waals surface area contributed by atoms with Gasteiger partial charge in [0.25, 0.3) is 0 Å². The first kappa shape index (κ1) is 15.0. The van der Waals surface area contributed by atoms with Gasteiger partial charge in [-0.3, -0.25) is 4.79 Å². The molecule has 3 N–H and O–H groups in total. The van der Waals surface area contributed by atoms with E-state index in [1.165, 1.54) is 24.3 Å². The lowest BCUT2D eigenvalue weighted by Crippen LogP contribution is -2.29. The highest BCUT2D eigenvalue weighted by molar-refractivity contribution is 7.89. The second-order valence-corrected chi connectivity index (χ2v) is 6.33. The molecule has 1 aliphatic rings. The number of rotatable bonds is 4. The minimum atomic E-state index is -3.71. The summed E-state index contributed by atoms with van der Waals surface area (Å²) in [5.41, 5.74) is 0.546. The van der Waals surface area contributed by atoms with Crippen LogP contribution in [0.4, 0.5) is 5.69 Å². The number of amides is 1. The van der Waals surface area contributed by atoms with Crippen molar-refractivity contribution in [2.45, 2.75) is 30.8 Å². The Morgan fingerprint density at radius 2 is 2.05 bits per heavy atom. The van der Waals surface area contributed by atoms with Gasteiger partial charge in [0.1, 0.15) is 0 Å². The number of nitrogens with two attached hydrogens (primary N) is 1. The Labute approximate surface area is 118 Å². The molecule has 1 aliphatic heterocycles. The first-order valence-electron chi connectivity index (χ1n) is 6.47. The van der Waals surface area contributed by atoms with E-state index < -0.39 is 10.0 Å². The van der Waals surface area contributed by atoms with E-state index in [9.17, 15) is 13.2 Å². The van der Waals surface area contributed by atoms with Gasteiger partial charge in [-0.05, 0) is 37.1 Å².